The van der Waals surface area contributed by atoms with Crippen molar-refractivity contribution in [1.82, 2.24) is 5.32 Å². The molecule has 1 atom stereocenters. The molecule has 7 heteroatoms. The minimum atomic E-state index is -0.204. The summed E-state index contributed by atoms with van der Waals surface area (Å²) < 4.78 is 0. The molecule has 1 amide bonds. The van der Waals surface area contributed by atoms with Gasteiger partial charge in [0.25, 0.3) is 0 Å². The standard InChI is InChI=1S/C19H19ClN4OS/c1-24(2)16-9-5-14(6-10-16)12-21-23-19-22-18(25)17(26-19)11-13-3-7-15(20)8-4-13/h3-10,12,17H,11H2,1-2H3,(H,22,23,25). The molecule has 5 nitrogen and oxygen atoms in total. The van der Waals surface area contributed by atoms with E-state index >= 15 is 0 Å². The summed E-state index contributed by atoms with van der Waals surface area (Å²) in [6.45, 7) is 0. The van der Waals surface area contributed by atoms with E-state index in [4.69, 9.17) is 11.6 Å². The third-order valence-corrected chi connectivity index (χ3v) is 5.20. The number of nitrogens with one attached hydrogen (secondary N) is 1. The quantitative estimate of drug-likeness (QED) is 0.631. The first-order valence-corrected chi connectivity index (χ1v) is 9.37. The average Bonchev–Trinajstić information content (AvgIpc) is 2.97. The van der Waals surface area contributed by atoms with Gasteiger partial charge in [-0.05, 0) is 41.8 Å². The van der Waals surface area contributed by atoms with E-state index in [0.717, 1.165) is 16.8 Å². The van der Waals surface area contributed by atoms with Crippen molar-refractivity contribution >= 4 is 46.3 Å². The minimum absolute atomic E-state index is 0.0470. The highest BCUT2D eigenvalue weighted by atomic mass is 35.5. The highest BCUT2D eigenvalue weighted by molar-refractivity contribution is 8.15. The third-order valence-electron chi connectivity index (χ3n) is 3.88. The van der Waals surface area contributed by atoms with Crippen molar-refractivity contribution in [3.05, 3.63) is 64.7 Å². The number of hydrogen-bond acceptors (Lipinski definition) is 5. The topological polar surface area (TPSA) is 57.1 Å². The molecule has 0 aliphatic carbocycles. The molecular weight excluding hydrogens is 368 g/mol. The first-order chi connectivity index (χ1) is 12.5. The molecule has 0 radical (unpaired) electrons. The number of carbonyl (C=O) groups is 1. The summed E-state index contributed by atoms with van der Waals surface area (Å²) in [5, 5.41) is 12.0. The molecule has 1 heterocycles. The number of thioether (sulfide) groups is 1. The zero-order chi connectivity index (χ0) is 18.5. The van der Waals surface area contributed by atoms with Gasteiger partial charge in [0.1, 0.15) is 0 Å². The second-order valence-corrected chi connectivity index (χ2v) is 7.69. The maximum absolute atomic E-state index is 12.1. The zero-order valence-corrected chi connectivity index (χ0v) is 16.1. The fourth-order valence-electron chi connectivity index (χ4n) is 2.43. The summed E-state index contributed by atoms with van der Waals surface area (Å²) in [6.07, 6.45) is 2.30. The van der Waals surface area contributed by atoms with E-state index < -0.39 is 0 Å². The largest absolute Gasteiger partial charge is 0.378 e. The van der Waals surface area contributed by atoms with Crippen LogP contribution >= 0.6 is 23.4 Å². The van der Waals surface area contributed by atoms with Gasteiger partial charge in [0, 0.05) is 24.8 Å². The van der Waals surface area contributed by atoms with E-state index in [1.165, 1.54) is 11.8 Å². The summed E-state index contributed by atoms with van der Waals surface area (Å²) in [7, 11) is 3.99. The number of amidine groups is 1. The number of hydrogen-bond donors (Lipinski definition) is 1. The molecular formula is C19H19ClN4OS. The first-order valence-electron chi connectivity index (χ1n) is 8.11. The molecule has 1 unspecified atom stereocenters. The first kappa shape index (κ1) is 18.5. The van der Waals surface area contributed by atoms with Gasteiger partial charge < -0.3 is 10.2 Å². The normalized spacial score (nSPS) is 18.5. The SMILES string of the molecule is CN(C)c1ccc(C=NN=C2NC(=O)C(Cc3ccc(Cl)cc3)S2)cc1. The Morgan fingerprint density at radius 3 is 2.50 bits per heavy atom. The van der Waals surface area contributed by atoms with Crippen molar-refractivity contribution in [2.45, 2.75) is 11.7 Å². The molecule has 1 saturated heterocycles. The molecule has 1 aliphatic heterocycles. The number of carbonyl (C=O) groups excluding carboxylic acids is 1. The fourth-order valence-corrected chi connectivity index (χ4v) is 3.52. The van der Waals surface area contributed by atoms with E-state index in [-0.39, 0.29) is 11.2 Å². The zero-order valence-electron chi connectivity index (χ0n) is 14.5. The van der Waals surface area contributed by atoms with Crippen molar-refractivity contribution < 1.29 is 4.79 Å². The lowest BCUT2D eigenvalue weighted by Gasteiger charge is -2.11. The molecule has 0 spiro atoms. The summed E-state index contributed by atoms with van der Waals surface area (Å²) in [5.74, 6) is -0.0470. The molecule has 1 N–H and O–H groups in total. The van der Waals surface area contributed by atoms with Crippen LogP contribution in [0.2, 0.25) is 5.02 Å². The van der Waals surface area contributed by atoms with Crippen molar-refractivity contribution in [3.63, 3.8) is 0 Å². The number of benzene rings is 2. The Morgan fingerprint density at radius 2 is 1.85 bits per heavy atom. The maximum atomic E-state index is 12.1. The van der Waals surface area contributed by atoms with E-state index in [1.807, 2.05) is 67.5 Å². The molecule has 0 bridgehead atoms. The van der Waals surface area contributed by atoms with Gasteiger partial charge in [-0.3, -0.25) is 4.79 Å². The summed E-state index contributed by atoms with van der Waals surface area (Å²) in [6, 6.07) is 15.5. The fraction of sp³-hybridized carbons (Fsp3) is 0.211. The Bertz CT molecular complexity index is 832. The molecule has 0 saturated carbocycles. The van der Waals surface area contributed by atoms with Crippen LogP contribution in [0, 0.1) is 0 Å². The van der Waals surface area contributed by atoms with E-state index in [0.29, 0.717) is 16.6 Å². The molecule has 1 fully saturated rings. The van der Waals surface area contributed by atoms with Crippen molar-refractivity contribution in [2.75, 3.05) is 19.0 Å². The number of rotatable bonds is 5. The van der Waals surface area contributed by atoms with Gasteiger partial charge >= 0.3 is 0 Å². The third kappa shape index (κ3) is 4.86. The van der Waals surface area contributed by atoms with Crippen LogP contribution < -0.4 is 10.2 Å². The van der Waals surface area contributed by atoms with Crippen LogP contribution in [0.1, 0.15) is 11.1 Å². The Hall–Kier alpha value is -2.31. The number of amides is 1. The van der Waals surface area contributed by atoms with Crippen LogP contribution in [-0.4, -0.2) is 36.6 Å². The highest BCUT2D eigenvalue weighted by Gasteiger charge is 2.30. The molecule has 0 aromatic heterocycles. The lowest BCUT2D eigenvalue weighted by molar-refractivity contribution is -0.118. The molecule has 134 valence electrons. The second-order valence-electron chi connectivity index (χ2n) is 6.06. The van der Waals surface area contributed by atoms with Crippen LogP contribution in [0.4, 0.5) is 5.69 Å². The Kier molecular flexibility index (Phi) is 5.96. The van der Waals surface area contributed by atoms with Crippen LogP contribution in [0.3, 0.4) is 0 Å². The second kappa shape index (κ2) is 8.38. The number of anilines is 1. The van der Waals surface area contributed by atoms with Crippen molar-refractivity contribution in [3.8, 4) is 0 Å². The van der Waals surface area contributed by atoms with E-state index in [2.05, 4.69) is 15.5 Å². The van der Waals surface area contributed by atoms with E-state index in [9.17, 15) is 4.79 Å². The van der Waals surface area contributed by atoms with Crippen molar-refractivity contribution in [1.29, 1.82) is 0 Å². The molecule has 1 aliphatic rings. The van der Waals surface area contributed by atoms with Crippen LogP contribution in [0.25, 0.3) is 0 Å². The van der Waals surface area contributed by atoms with Gasteiger partial charge in [-0.25, -0.2) is 0 Å². The summed E-state index contributed by atoms with van der Waals surface area (Å²) >= 11 is 7.29. The lowest BCUT2D eigenvalue weighted by Crippen LogP contribution is -2.25. The molecule has 2 aromatic carbocycles. The van der Waals surface area contributed by atoms with Gasteiger partial charge in [0.2, 0.25) is 5.91 Å². The molecule has 3 rings (SSSR count). The van der Waals surface area contributed by atoms with Gasteiger partial charge in [-0.1, -0.05) is 47.6 Å². The summed E-state index contributed by atoms with van der Waals surface area (Å²) in [4.78, 5) is 14.1. The predicted octanol–water partition coefficient (Wildman–Crippen LogP) is 3.57. The molecule has 2 aromatic rings. The van der Waals surface area contributed by atoms with Gasteiger partial charge in [-0.15, -0.1) is 5.10 Å². The van der Waals surface area contributed by atoms with Crippen LogP contribution in [0.5, 0.6) is 0 Å². The predicted molar refractivity (Wildman–Crippen MR) is 110 cm³/mol. The van der Waals surface area contributed by atoms with Crippen LogP contribution in [0.15, 0.2) is 58.7 Å². The highest BCUT2D eigenvalue weighted by Crippen LogP contribution is 2.24. The summed E-state index contributed by atoms with van der Waals surface area (Å²) in [5.41, 5.74) is 3.14. The number of nitrogens with zero attached hydrogens (tertiary/aromatic N) is 3. The Morgan fingerprint density at radius 1 is 1.15 bits per heavy atom. The van der Waals surface area contributed by atoms with Gasteiger partial charge in [0.05, 0.1) is 11.5 Å². The van der Waals surface area contributed by atoms with E-state index in [1.54, 1.807) is 6.21 Å². The minimum Gasteiger partial charge on any atom is -0.378 e. The van der Waals surface area contributed by atoms with Crippen LogP contribution in [-0.2, 0) is 11.2 Å². The number of halogens is 1. The maximum Gasteiger partial charge on any atom is 0.239 e. The Balaban J connectivity index is 1.59. The smallest absolute Gasteiger partial charge is 0.239 e. The average molecular weight is 387 g/mol. The van der Waals surface area contributed by atoms with Crippen molar-refractivity contribution in [2.24, 2.45) is 10.2 Å². The monoisotopic (exact) mass is 386 g/mol. The lowest BCUT2D eigenvalue weighted by atomic mass is 10.1. The van der Waals surface area contributed by atoms with Gasteiger partial charge in [0.15, 0.2) is 5.17 Å². The molecule has 26 heavy (non-hydrogen) atoms. The Labute approximate surface area is 162 Å². The van der Waals surface area contributed by atoms with Gasteiger partial charge in [-0.2, -0.15) is 5.10 Å².